The number of piperidine rings is 1. The quantitative estimate of drug-likeness (QED) is 0.642. The van der Waals surface area contributed by atoms with Crippen molar-refractivity contribution in [1.82, 2.24) is 15.0 Å². The Labute approximate surface area is 155 Å². The van der Waals surface area contributed by atoms with Gasteiger partial charge in [0.25, 0.3) is 0 Å². The summed E-state index contributed by atoms with van der Waals surface area (Å²) in [6.45, 7) is 6.01. The number of pyridine rings is 1. The molecule has 1 aliphatic rings. The van der Waals surface area contributed by atoms with Crippen LogP contribution in [0.1, 0.15) is 26.7 Å². The second-order valence-corrected chi connectivity index (χ2v) is 8.39. The number of ether oxygens (including phenoxy) is 1. The maximum Gasteiger partial charge on any atom is 0.242 e. The summed E-state index contributed by atoms with van der Waals surface area (Å²) in [5.41, 5.74) is 0. The van der Waals surface area contributed by atoms with Crippen molar-refractivity contribution in [1.29, 1.82) is 0 Å². The fourth-order valence-corrected chi connectivity index (χ4v) is 4.08. The summed E-state index contributed by atoms with van der Waals surface area (Å²) < 4.78 is 31.7. The number of aromatic nitrogens is 1. The Kier molecular flexibility index (Phi) is 7.36. The number of nitrogens with zero attached hydrogens (tertiary/aromatic N) is 2. The minimum atomic E-state index is -3.53. The number of anilines is 1. The highest BCUT2D eigenvalue weighted by Crippen LogP contribution is 2.22. The first-order valence-corrected chi connectivity index (χ1v) is 10.3. The third-order valence-corrected chi connectivity index (χ3v) is 5.86. The van der Waals surface area contributed by atoms with Gasteiger partial charge < -0.3 is 15.0 Å². The lowest BCUT2D eigenvalue weighted by Gasteiger charge is -2.32. The molecule has 0 aliphatic carbocycles. The Morgan fingerprint density at radius 2 is 2.04 bits per heavy atom. The number of hydrogen-bond acceptors (Lipinski definition) is 6. The van der Waals surface area contributed by atoms with Gasteiger partial charge in [-0.05, 0) is 38.8 Å². The Morgan fingerprint density at radius 3 is 2.58 bits per heavy atom. The van der Waals surface area contributed by atoms with Crippen LogP contribution in [0.4, 0.5) is 5.82 Å². The molecular formula is C17H28N4O4S. The third kappa shape index (κ3) is 5.65. The van der Waals surface area contributed by atoms with Crippen LogP contribution in [0.5, 0.6) is 0 Å². The van der Waals surface area contributed by atoms with Crippen LogP contribution in [0.3, 0.4) is 0 Å². The van der Waals surface area contributed by atoms with Crippen LogP contribution in [0, 0.1) is 5.92 Å². The first kappa shape index (κ1) is 20.6. The molecule has 1 fully saturated rings. The highest BCUT2D eigenvalue weighted by Gasteiger charge is 2.25. The van der Waals surface area contributed by atoms with Crippen molar-refractivity contribution in [3.63, 3.8) is 0 Å². The number of rotatable bonds is 8. The van der Waals surface area contributed by atoms with Gasteiger partial charge in [-0.15, -0.1) is 0 Å². The zero-order chi connectivity index (χ0) is 19.2. The van der Waals surface area contributed by atoms with Gasteiger partial charge in [0.05, 0.1) is 6.61 Å². The van der Waals surface area contributed by atoms with Crippen molar-refractivity contribution < 1.29 is 17.9 Å². The van der Waals surface area contributed by atoms with E-state index in [1.54, 1.807) is 33.1 Å². The monoisotopic (exact) mass is 384 g/mol. The molecule has 1 aromatic rings. The number of methoxy groups -OCH3 is 1. The number of sulfonamides is 1. The van der Waals surface area contributed by atoms with Crippen LogP contribution in [0.2, 0.25) is 0 Å². The van der Waals surface area contributed by atoms with Gasteiger partial charge in [0.15, 0.2) is 0 Å². The van der Waals surface area contributed by atoms with Crippen molar-refractivity contribution in [3.05, 3.63) is 18.3 Å². The Balaban J connectivity index is 1.90. The largest absolute Gasteiger partial charge is 0.383 e. The van der Waals surface area contributed by atoms with Gasteiger partial charge >= 0.3 is 0 Å². The van der Waals surface area contributed by atoms with Crippen LogP contribution in [0.25, 0.3) is 0 Å². The summed E-state index contributed by atoms with van der Waals surface area (Å²) in [6.07, 6.45) is 2.87. The maximum absolute atomic E-state index is 12.1. The standard InChI is InChI=1S/C17H28N4O4S/c1-13(2)20-26(23,24)15-4-5-16(19-12-15)21-9-6-14(7-10-21)17(22)18-8-11-25-3/h4-5,12-14,20H,6-11H2,1-3H3,(H,18,22). The summed E-state index contributed by atoms with van der Waals surface area (Å²) in [6, 6.07) is 3.11. The molecule has 0 saturated carbocycles. The van der Waals surface area contributed by atoms with Crippen LogP contribution in [0.15, 0.2) is 23.2 Å². The molecule has 1 aromatic heterocycles. The molecule has 0 radical (unpaired) electrons. The van der Waals surface area contributed by atoms with Crippen molar-refractivity contribution in [2.45, 2.75) is 37.6 Å². The third-order valence-electron chi connectivity index (χ3n) is 4.22. The van der Waals surface area contributed by atoms with E-state index in [0.29, 0.717) is 26.2 Å². The molecule has 1 amide bonds. The SMILES string of the molecule is COCCNC(=O)C1CCN(c2ccc(S(=O)(=O)NC(C)C)cn2)CC1. The number of nitrogens with one attached hydrogen (secondary N) is 2. The molecule has 2 N–H and O–H groups in total. The molecule has 0 bridgehead atoms. The van der Waals surface area contributed by atoms with Gasteiger partial charge in [0.1, 0.15) is 10.7 Å². The van der Waals surface area contributed by atoms with Crippen molar-refractivity contribution in [2.75, 3.05) is 38.3 Å². The van der Waals surface area contributed by atoms with E-state index in [-0.39, 0.29) is 22.8 Å². The lowest BCUT2D eigenvalue weighted by molar-refractivity contribution is -0.125. The van der Waals surface area contributed by atoms with Crippen LogP contribution < -0.4 is 14.9 Å². The smallest absolute Gasteiger partial charge is 0.242 e. The second kappa shape index (κ2) is 9.29. The van der Waals surface area contributed by atoms with Gasteiger partial charge in [-0.1, -0.05) is 0 Å². The molecule has 0 aromatic carbocycles. The average Bonchev–Trinajstić information content (AvgIpc) is 2.61. The minimum absolute atomic E-state index is 0.00185. The normalized spacial score (nSPS) is 16.1. The molecule has 0 unspecified atom stereocenters. The average molecular weight is 385 g/mol. The molecule has 9 heteroatoms. The number of carbonyl (C=O) groups excluding carboxylic acids is 1. The van der Waals surface area contributed by atoms with Crippen molar-refractivity contribution in [3.8, 4) is 0 Å². The molecule has 146 valence electrons. The fourth-order valence-electron chi connectivity index (χ4n) is 2.89. The number of hydrogen-bond donors (Lipinski definition) is 2. The predicted molar refractivity (Wildman–Crippen MR) is 99.5 cm³/mol. The first-order chi connectivity index (χ1) is 12.3. The Morgan fingerprint density at radius 1 is 1.35 bits per heavy atom. The van der Waals surface area contributed by atoms with E-state index in [2.05, 4.69) is 19.9 Å². The van der Waals surface area contributed by atoms with E-state index in [1.165, 1.54) is 6.20 Å². The van der Waals surface area contributed by atoms with Crippen LogP contribution in [-0.2, 0) is 19.6 Å². The van der Waals surface area contributed by atoms with Gasteiger partial charge in [0.2, 0.25) is 15.9 Å². The van der Waals surface area contributed by atoms with Crippen molar-refractivity contribution in [2.24, 2.45) is 5.92 Å². The molecule has 8 nitrogen and oxygen atoms in total. The van der Waals surface area contributed by atoms with Gasteiger partial charge in [-0.2, -0.15) is 0 Å². The molecule has 0 spiro atoms. The summed E-state index contributed by atoms with van der Waals surface area (Å²) in [4.78, 5) is 18.6. The Hall–Kier alpha value is -1.71. The van der Waals surface area contributed by atoms with Gasteiger partial charge in [0, 0.05) is 44.9 Å². The van der Waals surface area contributed by atoms with E-state index in [0.717, 1.165) is 18.7 Å². The van der Waals surface area contributed by atoms with Gasteiger partial charge in [-0.3, -0.25) is 4.79 Å². The molecule has 26 heavy (non-hydrogen) atoms. The van der Waals surface area contributed by atoms with Gasteiger partial charge in [-0.25, -0.2) is 18.1 Å². The zero-order valence-electron chi connectivity index (χ0n) is 15.6. The van der Waals surface area contributed by atoms with E-state index < -0.39 is 10.0 Å². The minimum Gasteiger partial charge on any atom is -0.383 e. The number of amides is 1. The summed E-state index contributed by atoms with van der Waals surface area (Å²) in [5, 5.41) is 2.88. The zero-order valence-corrected chi connectivity index (χ0v) is 16.4. The van der Waals surface area contributed by atoms with E-state index in [9.17, 15) is 13.2 Å². The summed E-state index contributed by atoms with van der Waals surface area (Å²) >= 11 is 0. The maximum atomic E-state index is 12.1. The van der Waals surface area contributed by atoms with Crippen LogP contribution in [-0.4, -0.2) is 58.7 Å². The van der Waals surface area contributed by atoms with E-state index in [4.69, 9.17) is 4.74 Å². The molecule has 2 heterocycles. The molecule has 1 saturated heterocycles. The highest BCUT2D eigenvalue weighted by atomic mass is 32.2. The molecular weight excluding hydrogens is 356 g/mol. The molecule has 0 atom stereocenters. The van der Waals surface area contributed by atoms with Crippen LogP contribution >= 0.6 is 0 Å². The van der Waals surface area contributed by atoms with E-state index >= 15 is 0 Å². The predicted octanol–water partition coefficient (Wildman–Crippen LogP) is 0.747. The molecule has 2 rings (SSSR count). The lowest BCUT2D eigenvalue weighted by atomic mass is 9.96. The highest BCUT2D eigenvalue weighted by molar-refractivity contribution is 7.89. The topological polar surface area (TPSA) is 101 Å². The summed E-state index contributed by atoms with van der Waals surface area (Å²) in [5.74, 6) is 0.792. The molecule has 1 aliphatic heterocycles. The summed E-state index contributed by atoms with van der Waals surface area (Å²) in [7, 11) is -1.93. The van der Waals surface area contributed by atoms with E-state index in [1.807, 2.05) is 0 Å². The second-order valence-electron chi connectivity index (χ2n) is 6.67. The Bertz CT molecular complexity index is 683. The lowest BCUT2D eigenvalue weighted by Crippen LogP contribution is -2.41. The first-order valence-electron chi connectivity index (χ1n) is 8.83. The van der Waals surface area contributed by atoms with Crippen molar-refractivity contribution >= 4 is 21.7 Å². The fraction of sp³-hybridized carbons (Fsp3) is 0.647. The number of carbonyl (C=O) groups is 1.